The molecule has 0 radical (unpaired) electrons. The van der Waals surface area contributed by atoms with Crippen LogP contribution < -0.4 is 21.0 Å². The Balaban J connectivity index is 1.30. The number of carbonyl (C=O) groups is 4. The Kier molecular flexibility index (Phi) is 6.57. The number of nitrogens with zero attached hydrogens (tertiary/aromatic N) is 2. The van der Waals surface area contributed by atoms with Crippen LogP contribution in [0, 0.1) is 0 Å². The summed E-state index contributed by atoms with van der Waals surface area (Å²) in [6, 6.07) is 9.13. The van der Waals surface area contributed by atoms with Crippen LogP contribution in [0.1, 0.15) is 39.9 Å². The SMILES string of the molecule is Bc1cc2c(c(OCc3ccc(CN4CCOCC4=O)cc3)c1B)CN(C1CCC(=O)NC1=O)C2=O. The Hall–Kier alpha value is -3.59. The van der Waals surface area contributed by atoms with Gasteiger partial charge in [-0.15, -0.1) is 0 Å². The summed E-state index contributed by atoms with van der Waals surface area (Å²) in [6.07, 6.45) is 0.536. The van der Waals surface area contributed by atoms with Crippen LogP contribution in [0.5, 0.6) is 5.75 Å². The average molecular weight is 487 g/mol. The van der Waals surface area contributed by atoms with Gasteiger partial charge in [-0.1, -0.05) is 41.3 Å². The van der Waals surface area contributed by atoms with Crippen LogP contribution in [0.2, 0.25) is 0 Å². The molecule has 3 aliphatic heterocycles. The first-order valence-corrected chi connectivity index (χ1v) is 12.2. The van der Waals surface area contributed by atoms with Crippen molar-refractivity contribution in [1.82, 2.24) is 15.1 Å². The van der Waals surface area contributed by atoms with Crippen molar-refractivity contribution in [3.05, 3.63) is 52.6 Å². The molecule has 2 aromatic rings. The third-order valence-electron chi connectivity index (χ3n) is 7.16. The van der Waals surface area contributed by atoms with Crippen molar-refractivity contribution in [2.24, 2.45) is 0 Å². The van der Waals surface area contributed by atoms with Crippen LogP contribution in [0.25, 0.3) is 0 Å². The summed E-state index contributed by atoms with van der Waals surface area (Å²) in [5.41, 5.74) is 5.21. The summed E-state index contributed by atoms with van der Waals surface area (Å²) < 4.78 is 11.5. The predicted molar refractivity (Wildman–Crippen MR) is 136 cm³/mol. The molecule has 1 N–H and O–H groups in total. The second-order valence-corrected chi connectivity index (χ2v) is 9.55. The molecule has 0 bridgehead atoms. The number of rotatable bonds is 6. The molecule has 0 aromatic heterocycles. The van der Waals surface area contributed by atoms with Crippen LogP contribution in [-0.2, 0) is 38.8 Å². The molecule has 184 valence electrons. The summed E-state index contributed by atoms with van der Waals surface area (Å²) in [5, 5.41) is 2.34. The summed E-state index contributed by atoms with van der Waals surface area (Å²) >= 11 is 0. The first-order chi connectivity index (χ1) is 17.3. The molecular weight excluding hydrogens is 460 g/mol. The number of hydrogen-bond donors (Lipinski definition) is 1. The van der Waals surface area contributed by atoms with E-state index in [9.17, 15) is 19.2 Å². The number of amides is 4. The van der Waals surface area contributed by atoms with E-state index in [1.807, 2.05) is 46.0 Å². The van der Waals surface area contributed by atoms with E-state index in [1.54, 1.807) is 9.80 Å². The third kappa shape index (κ3) is 4.63. The van der Waals surface area contributed by atoms with Crippen molar-refractivity contribution < 1.29 is 28.7 Å². The zero-order chi connectivity index (χ0) is 25.4. The summed E-state index contributed by atoms with van der Waals surface area (Å²) in [4.78, 5) is 52.5. The highest BCUT2D eigenvalue weighted by molar-refractivity contribution is 6.50. The van der Waals surface area contributed by atoms with E-state index >= 15 is 0 Å². The second kappa shape index (κ2) is 9.81. The molecule has 0 saturated carbocycles. The molecule has 36 heavy (non-hydrogen) atoms. The fraction of sp³-hybridized carbons (Fsp3) is 0.360. The van der Waals surface area contributed by atoms with Gasteiger partial charge in [0.15, 0.2) is 0 Å². The van der Waals surface area contributed by atoms with E-state index in [1.165, 1.54) is 0 Å². The molecular formula is C25H27B2N3O6. The molecule has 5 rings (SSSR count). The minimum absolute atomic E-state index is 0.00154. The van der Waals surface area contributed by atoms with Crippen molar-refractivity contribution in [1.29, 1.82) is 0 Å². The van der Waals surface area contributed by atoms with Gasteiger partial charge in [0.1, 0.15) is 40.7 Å². The lowest BCUT2D eigenvalue weighted by Gasteiger charge is -2.29. The van der Waals surface area contributed by atoms with Crippen molar-refractivity contribution >= 4 is 50.2 Å². The van der Waals surface area contributed by atoms with Gasteiger partial charge in [0, 0.05) is 30.6 Å². The van der Waals surface area contributed by atoms with E-state index in [2.05, 4.69) is 5.32 Å². The Morgan fingerprint density at radius 2 is 1.83 bits per heavy atom. The molecule has 0 aliphatic carbocycles. The number of nitrogens with one attached hydrogen (secondary N) is 1. The van der Waals surface area contributed by atoms with Gasteiger partial charge in [0.2, 0.25) is 17.7 Å². The summed E-state index contributed by atoms with van der Waals surface area (Å²) in [5.74, 6) is -0.287. The van der Waals surface area contributed by atoms with Crippen molar-refractivity contribution in [2.45, 2.75) is 38.6 Å². The van der Waals surface area contributed by atoms with Gasteiger partial charge >= 0.3 is 0 Å². The standard InChI is InChI=1S/C25H27B2N3O6/c26-18-9-16-17(11-30(25(16)34)19-5-6-20(31)28-24(19)33)23(22(18)27)36-12-15-3-1-14(2-4-15)10-29-7-8-35-13-21(29)32/h1-4,9,19H,5-8,10-13,26-27H2,(H,28,31,33). The van der Waals surface area contributed by atoms with Crippen LogP contribution in [0.4, 0.5) is 0 Å². The monoisotopic (exact) mass is 487 g/mol. The van der Waals surface area contributed by atoms with Crippen molar-refractivity contribution in [3.8, 4) is 5.75 Å². The molecule has 2 fully saturated rings. The van der Waals surface area contributed by atoms with Crippen LogP contribution in [-0.4, -0.2) is 74.9 Å². The van der Waals surface area contributed by atoms with E-state index in [4.69, 9.17) is 9.47 Å². The lowest BCUT2D eigenvalue weighted by atomic mass is 9.77. The van der Waals surface area contributed by atoms with Gasteiger partial charge in [-0.2, -0.15) is 0 Å². The fourth-order valence-electron chi connectivity index (χ4n) is 4.95. The number of fused-ring (bicyclic) bond motifs is 1. The number of piperidine rings is 1. The summed E-state index contributed by atoms with van der Waals surface area (Å²) in [6.45, 7) is 2.42. The molecule has 11 heteroatoms. The zero-order valence-electron chi connectivity index (χ0n) is 20.5. The first-order valence-electron chi connectivity index (χ1n) is 12.2. The van der Waals surface area contributed by atoms with Crippen LogP contribution >= 0.6 is 0 Å². The number of benzene rings is 2. The molecule has 3 heterocycles. The second-order valence-electron chi connectivity index (χ2n) is 9.55. The Bertz CT molecular complexity index is 1250. The number of imide groups is 1. The summed E-state index contributed by atoms with van der Waals surface area (Å²) in [7, 11) is 3.90. The average Bonchev–Trinajstić information content (AvgIpc) is 3.17. The van der Waals surface area contributed by atoms with E-state index in [0.717, 1.165) is 27.6 Å². The molecule has 1 atom stereocenters. The topological polar surface area (TPSA) is 105 Å². The van der Waals surface area contributed by atoms with Gasteiger partial charge in [-0.25, -0.2) is 0 Å². The van der Waals surface area contributed by atoms with E-state index in [0.29, 0.717) is 44.0 Å². The Morgan fingerprint density at radius 1 is 1.08 bits per heavy atom. The molecule has 3 aliphatic rings. The molecule has 9 nitrogen and oxygen atoms in total. The number of ether oxygens (including phenoxy) is 2. The smallest absolute Gasteiger partial charge is 0.255 e. The quantitative estimate of drug-likeness (QED) is 0.370. The van der Waals surface area contributed by atoms with Crippen LogP contribution in [0.3, 0.4) is 0 Å². The molecule has 2 aromatic carbocycles. The number of carbonyl (C=O) groups excluding carboxylic acids is 4. The predicted octanol–water partition coefficient (Wildman–Crippen LogP) is -2.10. The van der Waals surface area contributed by atoms with Crippen molar-refractivity contribution in [3.63, 3.8) is 0 Å². The number of morpholine rings is 1. The highest BCUT2D eigenvalue weighted by Gasteiger charge is 2.40. The highest BCUT2D eigenvalue weighted by Crippen LogP contribution is 2.32. The Morgan fingerprint density at radius 3 is 2.56 bits per heavy atom. The Labute approximate surface area is 210 Å². The van der Waals surface area contributed by atoms with Crippen LogP contribution in [0.15, 0.2) is 30.3 Å². The minimum Gasteiger partial charge on any atom is -0.489 e. The fourth-order valence-corrected chi connectivity index (χ4v) is 4.95. The van der Waals surface area contributed by atoms with E-state index in [-0.39, 0.29) is 37.3 Å². The van der Waals surface area contributed by atoms with Gasteiger partial charge in [0.25, 0.3) is 5.91 Å². The normalized spacial score (nSPS) is 19.9. The molecule has 4 amide bonds. The minimum atomic E-state index is -0.665. The maximum Gasteiger partial charge on any atom is 0.255 e. The molecule has 0 spiro atoms. The molecule has 1 unspecified atom stereocenters. The highest BCUT2D eigenvalue weighted by atomic mass is 16.5. The maximum absolute atomic E-state index is 13.2. The number of hydrogen-bond acceptors (Lipinski definition) is 6. The van der Waals surface area contributed by atoms with Gasteiger partial charge in [-0.05, 0) is 17.5 Å². The largest absolute Gasteiger partial charge is 0.489 e. The molecule has 2 saturated heterocycles. The first kappa shape index (κ1) is 24.1. The van der Waals surface area contributed by atoms with Crippen molar-refractivity contribution in [2.75, 3.05) is 19.8 Å². The van der Waals surface area contributed by atoms with E-state index < -0.39 is 11.9 Å². The lowest BCUT2D eigenvalue weighted by Crippen LogP contribution is -2.52. The van der Waals surface area contributed by atoms with Gasteiger partial charge < -0.3 is 19.3 Å². The third-order valence-corrected chi connectivity index (χ3v) is 7.16. The lowest BCUT2D eigenvalue weighted by molar-refractivity contribution is -0.143. The zero-order valence-corrected chi connectivity index (χ0v) is 20.5. The maximum atomic E-state index is 13.2. The van der Waals surface area contributed by atoms with Gasteiger partial charge in [0.05, 0.1) is 13.2 Å². The van der Waals surface area contributed by atoms with Gasteiger partial charge in [-0.3, -0.25) is 24.5 Å².